The Hall–Kier alpha value is -1.86. The predicted octanol–water partition coefficient (Wildman–Crippen LogP) is 6.34. The Balaban J connectivity index is 2.02. The zero-order valence-corrected chi connectivity index (χ0v) is 14.0. The maximum absolute atomic E-state index is 13.3. The van der Waals surface area contributed by atoms with Gasteiger partial charge >= 0.3 is 6.18 Å². The van der Waals surface area contributed by atoms with Crippen LogP contribution in [0.2, 0.25) is 0 Å². The van der Waals surface area contributed by atoms with Crippen LogP contribution >= 0.6 is 27.3 Å². The van der Waals surface area contributed by atoms with Crippen molar-refractivity contribution in [2.75, 3.05) is 5.32 Å². The van der Waals surface area contributed by atoms with Crippen molar-refractivity contribution < 1.29 is 13.2 Å². The molecule has 0 unspecified atom stereocenters. The summed E-state index contributed by atoms with van der Waals surface area (Å²) >= 11 is 4.31. The molecule has 1 aromatic heterocycles. The molecule has 1 N–H and O–H groups in total. The highest BCUT2D eigenvalue weighted by molar-refractivity contribution is 9.10. The van der Waals surface area contributed by atoms with Gasteiger partial charge in [0, 0.05) is 10.2 Å². The largest absolute Gasteiger partial charge is 0.434 e. The smallest absolute Gasteiger partial charge is 0.331 e. The van der Waals surface area contributed by atoms with Crippen LogP contribution in [0.1, 0.15) is 5.69 Å². The molecular formula is C16H10BrF3N2S. The molecule has 0 saturated carbocycles. The summed E-state index contributed by atoms with van der Waals surface area (Å²) in [6, 6.07) is 15.6. The van der Waals surface area contributed by atoms with Crippen LogP contribution < -0.4 is 5.32 Å². The number of hydrogen-bond donors (Lipinski definition) is 1. The molecule has 0 saturated heterocycles. The van der Waals surface area contributed by atoms with E-state index in [9.17, 15) is 13.2 Å². The van der Waals surface area contributed by atoms with Gasteiger partial charge in [-0.25, -0.2) is 4.98 Å². The van der Waals surface area contributed by atoms with Crippen molar-refractivity contribution in [2.24, 2.45) is 0 Å². The van der Waals surface area contributed by atoms with Gasteiger partial charge in [-0.1, -0.05) is 63.7 Å². The number of rotatable bonds is 3. The second-order valence-corrected chi connectivity index (χ2v) is 6.61. The molecule has 3 rings (SSSR count). The summed E-state index contributed by atoms with van der Waals surface area (Å²) in [6.07, 6.45) is -4.50. The first-order valence-corrected chi connectivity index (χ1v) is 8.20. The number of halogens is 4. The third-order valence-electron chi connectivity index (χ3n) is 3.01. The first-order chi connectivity index (χ1) is 10.9. The van der Waals surface area contributed by atoms with Crippen molar-refractivity contribution in [3.63, 3.8) is 0 Å². The molecule has 0 spiro atoms. The van der Waals surface area contributed by atoms with Crippen molar-refractivity contribution in [3.05, 3.63) is 64.8 Å². The van der Waals surface area contributed by atoms with Gasteiger partial charge in [0.1, 0.15) is 0 Å². The molecule has 0 fully saturated rings. The lowest BCUT2D eigenvalue weighted by Crippen LogP contribution is -2.07. The highest BCUT2D eigenvalue weighted by Gasteiger charge is 2.38. The van der Waals surface area contributed by atoms with Crippen LogP contribution in [0, 0.1) is 0 Å². The second kappa shape index (κ2) is 6.33. The number of alkyl halides is 3. The van der Waals surface area contributed by atoms with Gasteiger partial charge in [-0.05, 0) is 23.8 Å². The monoisotopic (exact) mass is 398 g/mol. The number of nitrogens with zero attached hydrogens (tertiary/aromatic N) is 1. The lowest BCUT2D eigenvalue weighted by Gasteiger charge is -2.05. The summed E-state index contributed by atoms with van der Waals surface area (Å²) in [5.41, 5.74) is 0.298. The third-order valence-corrected chi connectivity index (χ3v) is 4.52. The average Bonchev–Trinajstić information content (AvgIpc) is 2.92. The Kier molecular flexibility index (Phi) is 4.41. The van der Waals surface area contributed by atoms with Gasteiger partial charge in [0.2, 0.25) is 0 Å². The number of nitrogens with one attached hydrogen (secondary N) is 1. The Labute approximate surface area is 143 Å². The normalized spacial score (nSPS) is 11.5. The fraction of sp³-hybridized carbons (Fsp3) is 0.0625. The quantitative estimate of drug-likeness (QED) is 0.556. The fourth-order valence-electron chi connectivity index (χ4n) is 2.04. The van der Waals surface area contributed by atoms with Gasteiger partial charge in [0.05, 0.1) is 4.88 Å². The van der Waals surface area contributed by atoms with E-state index in [1.54, 1.807) is 48.5 Å². The van der Waals surface area contributed by atoms with Gasteiger partial charge in [0.15, 0.2) is 10.8 Å². The van der Waals surface area contributed by atoms with Gasteiger partial charge in [-0.2, -0.15) is 13.2 Å². The third kappa shape index (κ3) is 3.73. The second-order valence-electron chi connectivity index (χ2n) is 4.70. The molecule has 0 aliphatic carbocycles. The lowest BCUT2D eigenvalue weighted by molar-refractivity contribution is -0.140. The summed E-state index contributed by atoms with van der Waals surface area (Å²) in [4.78, 5) is 3.86. The summed E-state index contributed by atoms with van der Waals surface area (Å²) in [5.74, 6) is 0. The van der Waals surface area contributed by atoms with Gasteiger partial charge in [-0.3, -0.25) is 0 Å². The molecular weight excluding hydrogens is 389 g/mol. The number of aromatic nitrogens is 1. The van der Waals surface area contributed by atoms with E-state index in [0.29, 0.717) is 11.3 Å². The number of thiazole rings is 1. The van der Waals surface area contributed by atoms with Crippen LogP contribution in [0.4, 0.5) is 24.0 Å². The van der Waals surface area contributed by atoms with E-state index in [0.717, 1.165) is 15.8 Å². The molecule has 3 aromatic rings. The summed E-state index contributed by atoms with van der Waals surface area (Å²) < 4.78 is 40.6. The van der Waals surface area contributed by atoms with E-state index in [1.807, 2.05) is 6.07 Å². The minimum atomic E-state index is -4.50. The SMILES string of the molecule is FC(F)(F)c1nc(Nc2cccc(Br)c2)sc1-c1ccccc1. The molecule has 1 heterocycles. The van der Waals surface area contributed by atoms with Crippen LogP contribution in [0.5, 0.6) is 0 Å². The van der Waals surface area contributed by atoms with Crippen molar-refractivity contribution in [1.29, 1.82) is 0 Å². The van der Waals surface area contributed by atoms with Crippen molar-refractivity contribution in [2.45, 2.75) is 6.18 Å². The number of benzene rings is 2. The minimum absolute atomic E-state index is 0.107. The minimum Gasteiger partial charge on any atom is -0.331 e. The Morgan fingerprint density at radius 2 is 1.74 bits per heavy atom. The molecule has 0 atom stereocenters. The van der Waals surface area contributed by atoms with Gasteiger partial charge in [-0.15, -0.1) is 0 Å². The van der Waals surface area contributed by atoms with Crippen LogP contribution in [-0.4, -0.2) is 4.98 Å². The molecule has 2 aromatic carbocycles. The first kappa shape index (κ1) is 16.0. The molecule has 0 radical (unpaired) electrons. The highest BCUT2D eigenvalue weighted by Crippen LogP contribution is 2.42. The Morgan fingerprint density at radius 3 is 2.39 bits per heavy atom. The van der Waals surface area contributed by atoms with E-state index in [-0.39, 0.29) is 10.0 Å². The lowest BCUT2D eigenvalue weighted by atomic mass is 10.1. The van der Waals surface area contributed by atoms with Crippen LogP contribution in [-0.2, 0) is 6.18 Å². The van der Waals surface area contributed by atoms with Crippen LogP contribution in [0.25, 0.3) is 10.4 Å². The van der Waals surface area contributed by atoms with E-state index in [4.69, 9.17) is 0 Å². The molecule has 7 heteroatoms. The molecule has 2 nitrogen and oxygen atoms in total. The Morgan fingerprint density at radius 1 is 1.00 bits per heavy atom. The van der Waals surface area contributed by atoms with Gasteiger partial charge < -0.3 is 5.32 Å². The van der Waals surface area contributed by atoms with Crippen molar-refractivity contribution in [3.8, 4) is 10.4 Å². The van der Waals surface area contributed by atoms with E-state index in [1.165, 1.54) is 0 Å². The summed E-state index contributed by atoms with van der Waals surface area (Å²) in [7, 11) is 0. The summed E-state index contributed by atoms with van der Waals surface area (Å²) in [6.45, 7) is 0. The standard InChI is InChI=1S/C16H10BrF3N2S/c17-11-7-4-8-12(9-11)21-15-22-14(16(18,19)20)13(23-15)10-5-2-1-3-6-10/h1-9H,(H,21,22). The number of anilines is 2. The zero-order valence-electron chi connectivity index (χ0n) is 11.6. The fourth-order valence-corrected chi connectivity index (χ4v) is 3.45. The van der Waals surface area contributed by atoms with Crippen LogP contribution in [0.3, 0.4) is 0 Å². The average molecular weight is 399 g/mol. The van der Waals surface area contributed by atoms with E-state index >= 15 is 0 Å². The molecule has 0 aliphatic heterocycles. The number of hydrogen-bond acceptors (Lipinski definition) is 3. The van der Waals surface area contributed by atoms with Gasteiger partial charge in [0.25, 0.3) is 0 Å². The van der Waals surface area contributed by atoms with Crippen molar-refractivity contribution >= 4 is 38.1 Å². The maximum atomic E-state index is 13.3. The highest BCUT2D eigenvalue weighted by atomic mass is 79.9. The van der Waals surface area contributed by atoms with E-state index in [2.05, 4.69) is 26.2 Å². The van der Waals surface area contributed by atoms with Crippen molar-refractivity contribution in [1.82, 2.24) is 4.98 Å². The van der Waals surface area contributed by atoms with Crippen LogP contribution in [0.15, 0.2) is 59.1 Å². The molecule has 0 bridgehead atoms. The Bertz CT molecular complexity index is 816. The maximum Gasteiger partial charge on any atom is 0.434 e. The zero-order chi connectivity index (χ0) is 16.4. The molecule has 0 aliphatic rings. The summed E-state index contributed by atoms with van der Waals surface area (Å²) in [5, 5.41) is 3.13. The predicted molar refractivity (Wildman–Crippen MR) is 90.0 cm³/mol. The topological polar surface area (TPSA) is 24.9 Å². The molecule has 23 heavy (non-hydrogen) atoms. The molecule has 118 valence electrons. The van der Waals surface area contributed by atoms with E-state index < -0.39 is 11.9 Å². The first-order valence-electron chi connectivity index (χ1n) is 6.59. The molecule has 0 amide bonds.